The fourth-order valence-electron chi connectivity index (χ4n) is 5.71. The highest BCUT2D eigenvalue weighted by atomic mass is 32.2. The number of aromatic nitrogens is 3. The fraction of sp³-hybridized carbons (Fsp3) is 0.524. The molecule has 2 atom stereocenters. The highest BCUT2D eigenvalue weighted by Gasteiger charge is 2.61. The molecule has 2 aromatic heterocycles. The lowest BCUT2D eigenvalue weighted by Crippen LogP contribution is -2.57. The first-order valence-corrected chi connectivity index (χ1v) is 12.1. The number of carbonyl (C=O) groups is 1. The van der Waals surface area contributed by atoms with Crippen LogP contribution < -0.4 is 4.90 Å². The van der Waals surface area contributed by atoms with E-state index >= 15 is 0 Å². The van der Waals surface area contributed by atoms with Crippen LogP contribution in [-0.2, 0) is 14.8 Å². The number of anilines is 1. The van der Waals surface area contributed by atoms with Crippen LogP contribution >= 0.6 is 0 Å². The molecule has 5 rings (SSSR count). The van der Waals surface area contributed by atoms with Gasteiger partial charge in [-0.25, -0.2) is 18.4 Å². The minimum Gasteiger partial charge on any atom is -0.340 e. The van der Waals surface area contributed by atoms with Crippen molar-refractivity contribution in [1.29, 1.82) is 0 Å². The third-order valence-electron chi connectivity index (χ3n) is 7.14. The second-order valence-corrected chi connectivity index (χ2v) is 10.4. The average molecular weight is 443 g/mol. The van der Waals surface area contributed by atoms with Crippen molar-refractivity contribution < 1.29 is 13.2 Å². The van der Waals surface area contributed by atoms with E-state index in [0.717, 1.165) is 0 Å². The number of hydrogen-bond donors (Lipinski definition) is 0. The summed E-state index contributed by atoms with van der Waals surface area (Å²) in [4.78, 5) is 30.3. The Bertz CT molecular complexity index is 1060. The van der Waals surface area contributed by atoms with Crippen LogP contribution in [0, 0.1) is 11.8 Å². The van der Waals surface area contributed by atoms with E-state index in [0.29, 0.717) is 51.5 Å². The number of likely N-dealkylation sites (tertiary alicyclic amines) is 1. The van der Waals surface area contributed by atoms with Gasteiger partial charge in [-0.3, -0.25) is 9.78 Å². The quantitative estimate of drug-likeness (QED) is 0.697. The topological polar surface area (TPSA) is 99.6 Å². The number of nitrogens with zero attached hydrogens (tertiary/aromatic N) is 6. The molecule has 0 radical (unpaired) electrons. The molecule has 3 fully saturated rings. The third-order valence-corrected chi connectivity index (χ3v) is 9.02. The molecule has 0 aliphatic carbocycles. The first-order chi connectivity index (χ1) is 15.0. The lowest BCUT2D eigenvalue weighted by Gasteiger charge is -2.47. The molecule has 0 bridgehead atoms. The molecular weight excluding hydrogens is 416 g/mol. The Morgan fingerprint density at radius 1 is 1.10 bits per heavy atom. The van der Waals surface area contributed by atoms with Crippen LogP contribution in [0.4, 0.5) is 5.95 Å². The number of fused-ring (bicyclic) bond motifs is 2. The molecule has 164 valence electrons. The normalized spacial score (nSPS) is 25.9. The molecular formula is C21H26N6O3S. The SMILES string of the molecule is CCN1C(=O)[C@@H]2CN(c3ncccn3)C[C@@H]2C12CCN(S(=O)(=O)c1cccnc1)CC2. The molecule has 3 aliphatic rings. The Hall–Kier alpha value is -2.59. The van der Waals surface area contributed by atoms with Crippen molar-refractivity contribution >= 4 is 21.9 Å². The highest BCUT2D eigenvalue weighted by molar-refractivity contribution is 7.89. The van der Waals surface area contributed by atoms with E-state index in [9.17, 15) is 13.2 Å². The molecule has 0 N–H and O–H groups in total. The molecule has 31 heavy (non-hydrogen) atoms. The zero-order valence-electron chi connectivity index (χ0n) is 17.5. The van der Waals surface area contributed by atoms with Crippen LogP contribution in [0.1, 0.15) is 19.8 Å². The number of rotatable bonds is 4. The summed E-state index contributed by atoms with van der Waals surface area (Å²) in [6.45, 7) is 4.77. The van der Waals surface area contributed by atoms with E-state index in [1.54, 1.807) is 36.8 Å². The predicted octanol–water partition coefficient (Wildman–Crippen LogP) is 1.01. The van der Waals surface area contributed by atoms with E-state index in [-0.39, 0.29) is 28.2 Å². The lowest BCUT2D eigenvalue weighted by molar-refractivity contribution is -0.134. The second-order valence-electron chi connectivity index (χ2n) is 8.45. The van der Waals surface area contributed by atoms with Gasteiger partial charge in [-0.15, -0.1) is 0 Å². The van der Waals surface area contributed by atoms with Gasteiger partial charge in [0, 0.05) is 63.4 Å². The zero-order valence-corrected chi connectivity index (χ0v) is 18.3. The number of hydrogen-bond acceptors (Lipinski definition) is 7. The maximum absolute atomic E-state index is 13.3. The third kappa shape index (κ3) is 3.11. The summed E-state index contributed by atoms with van der Waals surface area (Å²) < 4.78 is 27.6. The van der Waals surface area contributed by atoms with Crippen molar-refractivity contribution in [2.45, 2.75) is 30.2 Å². The van der Waals surface area contributed by atoms with Crippen LogP contribution in [0.3, 0.4) is 0 Å². The standard InChI is InChI=1S/C21H26N6O3S/c1-2-27-19(28)17-14-25(20-23-9-4-10-24-20)15-18(17)21(27)6-11-26(12-7-21)31(29,30)16-5-3-8-22-13-16/h3-5,8-10,13,17-18H,2,6-7,11-12,14-15H2,1H3/t17-,18+/m1/s1. The van der Waals surface area contributed by atoms with Crippen molar-refractivity contribution in [2.75, 3.05) is 37.6 Å². The van der Waals surface area contributed by atoms with E-state index in [1.807, 2.05) is 11.8 Å². The molecule has 10 heteroatoms. The van der Waals surface area contributed by atoms with Crippen LogP contribution in [0.15, 0.2) is 47.9 Å². The van der Waals surface area contributed by atoms with Crippen molar-refractivity contribution in [3.8, 4) is 0 Å². The molecule has 5 heterocycles. The van der Waals surface area contributed by atoms with Gasteiger partial charge in [-0.1, -0.05) is 0 Å². The fourth-order valence-corrected chi connectivity index (χ4v) is 7.12. The Morgan fingerprint density at radius 3 is 2.48 bits per heavy atom. The Balaban J connectivity index is 1.39. The van der Waals surface area contributed by atoms with Gasteiger partial charge in [0.25, 0.3) is 0 Å². The average Bonchev–Trinajstić information content (AvgIpc) is 3.34. The Labute approximate surface area is 182 Å². The number of amides is 1. The summed E-state index contributed by atoms with van der Waals surface area (Å²) in [5.74, 6) is 0.881. The van der Waals surface area contributed by atoms with Crippen LogP contribution in [0.5, 0.6) is 0 Å². The highest BCUT2D eigenvalue weighted by Crippen LogP contribution is 2.50. The number of sulfonamides is 1. The minimum absolute atomic E-state index is 0.0924. The summed E-state index contributed by atoms with van der Waals surface area (Å²) in [7, 11) is -3.58. The molecule has 9 nitrogen and oxygen atoms in total. The van der Waals surface area contributed by atoms with Crippen molar-refractivity contribution in [3.05, 3.63) is 43.0 Å². The van der Waals surface area contributed by atoms with Gasteiger partial charge in [-0.05, 0) is 38.0 Å². The van der Waals surface area contributed by atoms with E-state index in [4.69, 9.17) is 0 Å². The maximum Gasteiger partial charge on any atom is 0.244 e. The summed E-state index contributed by atoms with van der Waals surface area (Å²) in [6.07, 6.45) is 7.66. The number of piperidine rings is 1. The number of carbonyl (C=O) groups excluding carboxylic acids is 1. The van der Waals surface area contributed by atoms with E-state index in [2.05, 4.69) is 19.9 Å². The van der Waals surface area contributed by atoms with Crippen LogP contribution in [-0.4, -0.2) is 76.7 Å². The Morgan fingerprint density at radius 2 is 1.84 bits per heavy atom. The van der Waals surface area contributed by atoms with E-state index in [1.165, 1.54) is 10.5 Å². The second kappa shape index (κ2) is 7.52. The monoisotopic (exact) mass is 442 g/mol. The first kappa shape index (κ1) is 20.3. The Kier molecular flexibility index (Phi) is 4.93. The van der Waals surface area contributed by atoms with Gasteiger partial charge in [0.2, 0.25) is 21.9 Å². The first-order valence-electron chi connectivity index (χ1n) is 10.7. The molecule has 1 amide bonds. The van der Waals surface area contributed by atoms with Crippen molar-refractivity contribution in [2.24, 2.45) is 11.8 Å². The zero-order chi connectivity index (χ0) is 21.6. The van der Waals surface area contributed by atoms with Crippen LogP contribution in [0.25, 0.3) is 0 Å². The molecule has 3 saturated heterocycles. The largest absolute Gasteiger partial charge is 0.340 e. The van der Waals surface area contributed by atoms with Crippen LogP contribution in [0.2, 0.25) is 0 Å². The molecule has 0 aromatic carbocycles. The van der Waals surface area contributed by atoms with Gasteiger partial charge in [0.05, 0.1) is 11.5 Å². The smallest absolute Gasteiger partial charge is 0.244 e. The summed E-state index contributed by atoms with van der Waals surface area (Å²) >= 11 is 0. The molecule has 1 spiro atoms. The van der Waals surface area contributed by atoms with Crippen molar-refractivity contribution in [1.82, 2.24) is 24.2 Å². The van der Waals surface area contributed by atoms with Gasteiger partial charge >= 0.3 is 0 Å². The van der Waals surface area contributed by atoms with E-state index < -0.39 is 10.0 Å². The maximum atomic E-state index is 13.3. The summed E-state index contributed by atoms with van der Waals surface area (Å²) in [6, 6.07) is 5.00. The van der Waals surface area contributed by atoms with Gasteiger partial charge in [0.15, 0.2) is 0 Å². The molecule has 3 aliphatic heterocycles. The molecule has 0 unspecified atom stereocenters. The molecule has 2 aromatic rings. The summed E-state index contributed by atoms with van der Waals surface area (Å²) in [5.41, 5.74) is -0.318. The van der Waals surface area contributed by atoms with Crippen molar-refractivity contribution in [3.63, 3.8) is 0 Å². The number of pyridine rings is 1. The predicted molar refractivity (Wildman–Crippen MR) is 114 cm³/mol. The minimum atomic E-state index is -3.58. The van der Waals surface area contributed by atoms with Gasteiger partial charge in [-0.2, -0.15) is 4.31 Å². The van der Waals surface area contributed by atoms with Gasteiger partial charge < -0.3 is 9.80 Å². The summed E-state index contributed by atoms with van der Waals surface area (Å²) in [5, 5.41) is 0. The van der Waals surface area contributed by atoms with Gasteiger partial charge in [0.1, 0.15) is 4.90 Å². The molecule has 0 saturated carbocycles. The lowest BCUT2D eigenvalue weighted by atomic mass is 9.75.